The van der Waals surface area contributed by atoms with Crippen LogP contribution in [-0.4, -0.2) is 31.8 Å². The molecule has 0 aromatic carbocycles. The topological polar surface area (TPSA) is 37.0 Å². The zero-order valence-corrected chi connectivity index (χ0v) is 9.34. The van der Waals surface area contributed by atoms with Gasteiger partial charge in [-0.3, -0.25) is 0 Å². The predicted octanol–water partition coefficient (Wildman–Crippen LogP) is 1.36. The van der Waals surface area contributed by atoms with Crippen LogP contribution >= 0.6 is 0 Å². The van der Waals surface area contributed by atoms with Gasteiger partial charge in [-0.15, -0.1) is 0 Å². The summed E-state index contributed by atoms with van der Waals surface area (Å²) in [6.45, 7) is 1.02. The van der Waals surface area contributed by atoms with E-state index in [1.54, 1.807) is 7.11 Å². The lowest BCUT2D eigenvalue weighted by Crippen LogP contribution is -2.16. The van der Waals surface area contributed by atoms with E-state index >= 15 is 0 Å². The molecule has 1 unspecified atom stereocenters. The number of nitrogens with one attached hydrogen (secondary N) is 2. The van der Waals surface area contributed by atoms with E-state index < -0.39 is 0 Å². The number of H-pyrrole nitrogens is 1. The third kappa shape index (κ3) is 2.13. The minimum atomic E-state index is 0.238. The molecule has 0 radical (unpaired) electrons. The standard InChI is InChI=1S/C12H18N2O/c1-13-6-5-9-8-14-12-4-3-10(15-2)7-11(9)12/h3-4,8,10,13-14H,5-7H2,1-2H3. The van der Waals surface area contributed by atoms with Crippen LogP contribution in [0.15, 0.2) is 12.3 Å². The third-order valence-electron chi connectivity index (χ3n) is 2.94. The van der Waals surface area contributed by atoms with Crippen LogP contribution in [0.4, 0.5) is 0 Å². The first-order valence-corrected chi connectivity index (χ1v) is 5.40. The van der Waals surface area contributed by atoms with Crippen LogP contribution in [0.1, 0.15) is 16.8 Å². The van der Waals surface area contributed by atoms with Crippen molar-refractivity contribution < 1.29 is 4.74 Å². The fraction of sp³-hybridized carbons (Fsp3) is 0.500. The van der Waals surface area contributed by atoms with E-state index in [0.717, 1.165) is 19.4 Å². The lowest BCUT2D eigenvalue weighted by molar-refractivity contribution is 0.141. The van der Waals surface area contributed by atoms with Crippen molar-refractivity contribution in [1.29, 1.82) is 0 Å². The van der Waals surface area contributed by atoms with Crippen LogP contribution in [0.5, 0.6) is 0 Å². The van der Waals surface area contributed by atoms with Crippen molar-refractivity contribution in [2.75, 3.05) is 20.7 Å². The number of likely N-dealkylation sites (N-methyl/N-ethyl adjacent to an activating group) is 1. The number of ether oxygens (including phenoxy) is 1. The molecule has 1 aliphatic rings. The second kappa shape index (κ2) is 4.64. The van der Waals surface area contributed by atoms with Crippen molar-refractivity contribution in [3.05, 3.63) is 29.1 Å². The van der Waals surface area contributed by atoms with E-state index in [9.17, 15) is 0 Å². The van der Waals surface area contributed by atoms with Crippen LogP contribution in [0, 0.1) is 0 Å². The molecule has 3 nitrogen and oxygen atoms in total. The Bertz CT molecular complexity index is 355. The Labute approximate surface area is 90.5 Å². The molecular formula is C12H18N2O. The molecular weight excluding hydrogens is 188 g/mol. The highest BCUT2D eigenvalue weighted by Crippen LogP contribution is 2.23. The van der Waals surface area contributed by atoms with Crippen LogP contribution in [0.3, 0.4) is 0 Å². The first-order chi connectivity index (χ1) is 7.35. The van der Waals surface area contributed by atoms with E-state index in [2.05, 4.69) is 28.6 Å². The summed E-state index contributed by atoms with van der Waals surface area (Å²) in [5.74, 6) is 0. The van der Waals surface area contributed by atoms with E-state index in [4.69, 9.17) is 4.74 Å². The average molecular weight is 206 g/mol. The minimum absolute atomic E-state index is 0.238. The van der Waals surface area contributed by atoms with Crippen molar-refractivity contribution >= 4 is 6.08 Å². The molecule has 82 valence electrons. The van der Waals surface area contributed by atoms with Crippen LogP contribution < -0.4 is 5.32 Å². The quantitative estimate of drug-likeness (QED) is 0.780. The third-order valence-corrected chi connectivity index (χ3v) is 2.94. The zero-order valence-electron chi connectivity index (χ0n) is 9.34. The maximum absolute atomic E-state index is 5.36. The number of methoxy groups -OCH3 is 1. The lowest BCUT2D eigenvalue weighted by Gasteiger charge is -2.16. The predicted molar refractivity (Wildman–Crippen MR) is 62.0 cm³/mol. The maximum Gasteiger partial charge on any atom is 0.0797 e. The van der Waals surface area contributed by atoms with Gasteiger partial charge in [-0.1, -0.05) is 6.08 Å². The van der Waals surface area contributed by atoms with E-state index in [-0.39, 0.29) is 6.10 Å². The van der Waals surface area contributed by atoms with Gasteiger partial charge in [0.1, 0.15) is 0 Å². The van der Waals surface area contributed by atoms with Gasteiger partial charge in [-0.2, -0.15) is 0 Å². The molecule has 3 heteroatoms. The van der Waals surface area contributed by atoms with Gasteiger partial charge in [0, 0.05) is 25.4 Å². The molecule has 0 amide bonds. The largest absolute Gasteiger partial charge is 0.377 e. The Hall–Kier alpha value is -1.06. The SMILES string of the molecule is CNCCc1c[nH]c2c1CC(OC)C=C2. The van der Waals surface area contributed by atoms with Gasteiger partial charge >= 0.3 is 0 Å². The summed E-state index contributed by atoms with van der Waals surface area (Å²) in [6, 6.07) is 0. The fourth-order valence-electron chi connectivity index (χ4n) is 2.02. The summed E-state index contributed by atoms with van der Waals surface area (Å²) in [5, 5.41) is 3.17. The average Bonchev–Trinajstić information content (AvgIpc) is 2.68. The highest BCUT2D eigenvalue weighted by molar-refractivity contribution is 5.56. The summed E-state index contributed by atoms with van der Waals surface area (Å²) in [6.07, 6.45) is 8.65. The van der Waals surface area contributed by atoms with Gasteiger partial charge in [0.25, 0.3) is 0 Å². The Kier molecular flexibility index (Phi) is 3.23. The molecule has 15 heavy (non-hydrogen) atoms. The first-order valence-electron chi connectivity index (χ1n) is 5.40. The minimum Gasteiger partial charge on any atom is -0.377 e. The van der Waals surface area contributed by atoms with Crippen molar-refractivity contribution in [3.8, 4) is 0 Å². The lowest BCUT2D eigenvalue weighted by atomic mass is 9.97. The Morgan fingerprint density at radius 3 is 3.20 bits per heavy atom. The summed E-state index contributed by atoms with van der Waals surface area (Å²) < 4.78 is 5.36. The smallest absolute Gasteiger partial charge is 0.0797 e. The molecule has 2 N–H and O–H groups in total. The second-order valence-electron chi connectivity index (χ2n) is 3.90. The molecule has 0 aliphatic heterocycles. The monoisotopic (exact) mass is 206 g/mol. The number of hydrogen-bond donors (Lipinski definition) is 2. The molecule has 1 aromatic rings. The Balaban J connectivity index is 2.16. The molecule has 0 bridgehead atoms. The van der Waals surface area contributed by atoms with Gasteiger partial charge in [0.05, 0.1) is 6.10 Å². The van der Waals surface area contributed by atoms with E-state index in [0.29, 0.717) is 0 Å². The fourth-order valence-corrected chi connectivity index (χ4v) is 2.02. The summed E-state index contributed by atoms with van der Waals surface area (Å²) in [5.41, 5.74) is 4.07. The van der Waals surface area contributed by atoms with Crippen molar-refractivity contribution in [1.82, 2.24) is 10.3 Å². The molecule has 1 atom stereocenters. The molecule has 1 aromatic heterocycles. The Morgan fingerprint density at radius 2 is 2.47 bits per heavy atom. The molecule has 0 saturated carbocycles. The molecule has 1 heterocycles. The van der Waals surface area contributed by atoms with Gasteiger partial charge in [-0.25, -0.2) is 0 Å². The highest BCUT2D eigenvalue weighted by atomic mass is 16.5. The zero-order chi connectivity index (χ0) is 10.7. The Morgan fingerprint density at radius 1 is 1.60 bits per heavy atom. The number of aromatic nitrogens is 1. The van der Waals surface area contributed by atoms with Gasteiger partial charge in [0.15, 0.2) is 0 Å². The molecule has 1 aliphatic carbocycles. The summed E-state index contributed by atoms with van der Waals surface area (Å²) in [7, 11) is 3.75. The van der Waals surface area contributed by atoms with Gasteiger partial charge in [0.2, 0.25) is 0 Å². The summed E-state index contributed by atoms with van der Waals surface area (Å²) in [4.78, 5) is 3.31. The summed E-state index contributed by atoms with van der Waals surface area (Å²) >= 11 is 0. The van der Waals surface area contributed by atoms with E-state index in [1.165, 1.54) is 16.8 Å². The van der Waals surface area contributed by atoms with Crippen molar-refractivity contribution in [3.63, 3.8) is 0 Å². The molecule has 2 rings (SSSR count). The van der Waals surface area contributed by atoms with Crippen LogP contribution in [0.2, 0.25) is 0 Å². The highest BCUT2D eigenvalue weighted by Gasteiger charge is 2.17. The maximum atomic E-state index is 5.36. The van der Waals surface area contributed by atoms with Crippen molar-refractivity contribution in [2.24, 2.45) is 0 Å². The van der Waals surface area contributed by atoms with Crippen LogP contribution in [-0.2, 0) is 17.6 Å². The number of hydrogen-bond acceptors (Lipinski definition) is 2. The van der Waals surface area contributed by atoms with Gasteiger partial charge in [-0.05, 0) is 37.2 Å². The number of fused-ring (bicyclic) bond motifs is 1. The molecule has 0 saturated heterocycles. The number of rotatable bonds is 4. The van der Waals surface area contributed by atoms with Crippen molar-refractivity contribution in [2.45, 2.75) is 18.9 Å². The first kappa shape index (κ1) is 10.5. The van der Waals surface area contributed by atoms with E-state index in [1.807, 2.05) is 7.05 Å². The molecule has 0 fully saturated rings. The second-order valence-corrected chi connectivity index (χ2v) is 3.90. The normalized spacial score (nSPS) is 19.2. The molecule has 0 spiro atoms. The van der Waals surface area contributed by atoms with Gasteiger partial charge < -0.3 is 15.0 Å². The number of aromatic amines is 1. The van der Waals surface area contributed by atoms with Crippen LogP contribution in [0.25, 0.3) is 6.08 Å².